The molecule has 1 aromatic heterocycles. The molecule has 0 unspecified atom stereocenters. The number of likely N-dealkylation sites (tertiary alicyclic amines) is 1. The molecule has 2 atom stereocenters. The third-order valence-electron chi connectivity index (χ3n) is 5.02. The van der Waals surface area contributed by atoms with Crippen LogP contribution in [0.25, 0.3) is 0 Å². The van der Waals surface area contributed by atoms with Gasteiger partial charge in [-0.15, -0.1) is 0 Å². The van der Waals surface area contributed by atoms with Crippen molar-refractivity contribution >= 4 is 11.6 Å². The van der Waals surface area contributed by atoms with Crippen molar-refractivity contribution in [1.82, 2.24) is 14.9 Å². The molecule has 1 aliphatic heterocycles. The van der Waals surface area contributed by atoms with Gasteiger partial charge in [-0.25, -0.2) is 9.97 Å². The molecule has 24 heavy (non-hydrogen) atoms. The third kappa shape index (κ3) is 3.85. The van der Waals surface area contributed by atoms with E-state index in [1.807, 2.05) is 13.1 Å². The Morgan fingerprint density at radius 2 is 2.04 bits per heavy atom. The van der Waals surface area contributed by atoms with Crippen LogP contribution in [0.5, 0.6) is 0 Å². The predicted octanol–water partition coefficient (Wildman–Crippen LogP) is 2.87. The lowest BCUT2D eigenvalue weighted by atomic mass is 9.92. The van der Waals surface area contributed by atoms with Crippen LogP contribution in [0.3, 0.4) is 0 Å². The molecule has 1 aromatic carbocycles. The van der Waals surface area contributed by atoms with Gasteiger partial charge in [-0.2, -0.15) is 0 Å². The maximum Gasteiger partial charge on any atom is 0.134 e. The number of nitrogens with one attached hydrogen (secondary N) is 1. The summed E-state index contributed by atoms with van der Waals surface area (Å²) < 4.78 is 0. The fraction of sp³-hybridized carbons (Fsp3) is 0.474. The van der Waals surface area contributed by atoms with Gasteiger partial charge in [-0.3, -0.25) is 4.90 Å². The van der Waals surface area contributed by atoms with E-state index >= 15 is 0 Å². The first-order valence-corrected chi connectivity index (χ1v) is 8.66. The Labute approximate surface area is 144 Å². The summed E-state index contributed by atoms with van der Waals surface area (Å²) in [5.74, 6) is 2.49. The highest BCUT2D eigenvalue weighted by atomic mass is 15.3. The summed E-state index contributed by atoms with van der Waals surface area (Å²) in [6.07, 6.45) is 2.85. The van der Waals surface area contributed by atoms with Gasteiger partial charge >= 0.3 is 0 Å². The minimum atomic E-state index is 0.460. The number of piperidine rings is 1. The van der Waals surface area contributed by atoms with E-state index in [0.717, 1.165) is 31.3 Å². The van der Waals surface area contributed by atoms with E-state index in [2.05, 4.69) is 69.4 Å². The van der Waals surface area contributed by atoms with Crippen LogP contribution >= 0.6 is 0 Å². The lowest BCUT2D eigenvalue weighted by Gasteiger charge is -2.42. The molecule has 0 saturated carbocycles. The van der Waals surface area contributed by atoms with E-state index in [1.54, 1.807) is 6.33 Å². The minimum Gasteiger partial charge on any atom is -0.373 e. The van der Waals surface area contributed by atoms with Gasteiger partial charge < -0.3 is 10.2 Å². The first-order valence-electron chi connectivity index (χ1n) is 8.66. The standard InChI is InChI=1S/C19H27N5/c1-15-9-10-24(12-16-7-5-4-6-8-16)13-17(15)23(3)19-11-18(20-2)21-14-22-19/h4-8,11,14-15,17H,9-10,12-13H2,1-3H3,(H,20,21,22)/t15-,17+/m1/s1. The monoisotopic (exact) mass is 325 g/mol. The smallest absolute Gasteiger partial charge is 0.134 e. The topological polar surface area (TPSA) is 44.3 Å². The molecule has 0 bridgehead atoms. The molecule has 0 spiro atoms. The third-order valence-corrected chi connectivity index (χ3v) is 5.02. The zero-order chi connectivity index (χ0) is 16.9. The molecule has 2 heterocycles. The molecular weight excluding hydrogens is 298 g/mol. The number of anilines is 2. The van der Waals surface area contributed by atoms with Crippen molar-refractivity contribution in [2.75, 3.05) is 37.4 Å². The van der Waals surface area contributed by atoms with Crippen LogP contribution in [0.15, 0.2) is 42.7 Å². The Balaban J connectivity index is 1.71. The van der Waals surface area contributed by atoms with Gasteiger partial charge in [0.05, 0.1) is 0 Å². The molecule has 0 aliphatic carbocycles. The van der Waals surface area contributed by atoms with Crippen LogP contribution in [-0.4, -0.2) is 48.1 Å². The molecular formula is C19H27N5. The summed E-state index contributed by atoms with van der Waals surface area (Å²) in [4.78, 5) is 13.5. The molecule has 1 fully saturated rings. The predicted molar refractivity (Wildman–Crippen MR) is 99.3 cm³/mol. The molecule has 0 amide bonds. The Morgan fingerprint density at radius 1 is 1.25 bits per heavy atom. The largest absolute Gasteiger partial charge is 0.373 e. The second-order valence-corrected chi connectivity index (χ2v) is 6.68. The van der Waals surface area contributed by atoms with Crippen molar-refractivity contribution in [1.29, 1.82) is 0 Å². The number of hydrogen-bond donors (Lipinski definition) is 1. The number of hydrogen-bond acceptors (Lipinski definition) is 5. The number of aromatic nitrogens is 2. The second-order valence-electron chi connectivity index (χ2n) is 6.68. The van der Waals surface area contributed by atoms with Crippen molar-refractivity contribution in [2.24, 2.45) is 5.92 Å². The van der Waals surface area contributed by atoms with E-state index in [-0.39, 0.29) is 0 Å². The van der Waals surface area contributed by atoms with E-state index in [1.165, 1.54) is 12.0 Å². The number of rotatable bonds is 5. The normalized spacial score (nSPS) is 21.5. The first kappa shape index (κ1) is 16.7. The average Bonchev–Trinajstić information content (AvgIpc) is 2.63. The van der Waals surface area contributed by atoms with Gasteiger partial charge in [0, 0.05) is 39.3 Å². The summed E-state index contributed by atoms with van der Waals surface area (Å²) in [6.45, 7) is 5.59. The van der Waals surface area contributed by atoms with Crippen LogP contribution in [0.2, 0.25) is 0 Å². The molecule has 5 nitrogen and oxygen atoms in total. The van der Waals surface area contributed by atoms with Crippen LogP contribution in [0, 0.1) is 5.92 Å². The minimum absolute atomic E-state index is 0.460. The Bertz CT molecular complexity index is 645. The second kappa shape index (κ2) is 7.62. The van der Waals surface area contributed by atoms with Crippen LogP contribution in [0.4, 0.5) is 11.6 Å². The summed E-state index contributed by atoms with van der Waals surface area (Å²) >= 11 is 0. The maximum absolute atomic E-state index is 4.46. The van der Waals surface area contributed by atoms with Crippen molar-refractivity contribution < 1.29 is 0 Å². The van der Waals surface area contributed by atoms with Gasteiger partial charge in [0.25, 0.3) is 0 Å². The van der Waals surface area contributed by atoms with Crippen molar-refractivity contribution in [3.63, 3.8) is 0 Å². The fourth-order valence-electron chi connectivity index (χ4n) is 3.45. The molecule has 1 N–H and O–H groups in total. The van der Waals surface area contributed by atoms with Crippen molar-refractivity contribution in [3.05, 3.63) is 48.3 Å². The van der Waals surface area contributed by atoms with Crippen LogP contribution in [-0.2, 0) is 6.54 Å². The average molecular weight is 325 g/mol. The van der Waals surface area contributed by atoms with Crippen molar-refractivity contribution in [2.45, 2.75) is 25.9 Å². The Hall–Kier alpha value is -2.14. The zero-order valence-electron chi connectivity index (χ0n) is 14.8. The molecule has 1 aliphatic rings. The van der Waals surface area contributed by atoms with Gasteiger partial charge in [0.1, 0.15) is 18.0 Å². The number of likely N-dealkylation sites (N-methyl/N-ethyl adjacent to an activating group) is 1. The van der Waals surface area contributed by atoms with E-state index in [4.69, 9.17) is 0 Å². The summed E-state index contributed by atoms with van der Waals surface area (Å²) in [6, 6.07) is 13.2. The zero-order valence-corrected chi connectivity index (χ0v) is 14.8. The Morgan fingerprint density at radius 3 is 2.79 bits per heavy atom. The highest BCUT2D eigenvalue weighted by Gasteiger charge is 2.30. The molecule has 128 valence electrons. The molecule has 5 heteroatoms. The lowest BCUT2D eigenvalue weighted by Crippen LogP contribution is -2.50. The molecule has 0 radical (unpaired) electrons. The highest BCUT2D eigenvalue weighted by molar-refractivity contribution is 5.48. The van der Waals surface area contributed by atoms with Crippen molar-refractivity contribution in [3.8, 4) is 0 Å². The highest BCUT2D eigenvalue weighted by Crippen LogP contribution is 2.26. The Kier molecular flexibility index (Phi) is 5.30. The van der Waals surface area contributed by atoms with Gasteiger partial charge in [-0.05, 0) is 24.4 Å². The summed E-state index contributed by atoms with van der Waals surface area (Å²) in [7, 11) is 4.03. The van der Waals surface area contributed by atoms with E-state index in [0.29, 0.717) is 12.0 Å². The quantitative estimate of drug-likeness (QED) is 0.916. The molecule has 2 aromatic rings. The van der Waals surface area contributed by atoms with Crippen LogP contribution in [0.1, 0.15) is 18.9 Å². The van der Waals surface area contributed by atoms with E-state index in [9.17, 15) is 0 Å². The molecule has 3 rings (SSSR count). The van der Waals surface area contributed by atoms with Gasteiger partial charge in [-0.1, -0.05) is 37.3 Å². The van der Waals surface area contributed by atoms with E-state index < -0.39 is 0 Å². The summed E-state index contributed by atoms with van der Waals surface area (Å²) in [5.41, 5.74) is 1.38. The SMILES string of the molecule is CNc1cc(N(C)[C@H]2CN(Cc3ccccc3)CC[C@H]2C)ncn1. The number of benzene rings is 1. The maximum atomic E-state index is 4.46. The van der Waals surface area contributed by atoms with Gasteiger partial charge in [0.15, 0.2) is 0 Å². The fourth-order valence-corrected chi connectivity index (χ4v) is 3.45. The summed E-state index contributed by atoms with van der Waals surface area (Å²) in [5, 5.41) is 3.09. The lowest BCUT2D eigenvalue weighted by molar-refractivity contribution is 0.159. The first-order chi connectivity index (χ1) is 11.7. The molecule has 1 saturated heterocycles. The van der Waals surface area contributed by atoms with Gasteiger partial charge in [0.2, 0.25) is 0 Å². The van der Waals surface area contributed by atoms with Crippen LogP contribution < -0.4 is 10.2 Å². The number of nitrogens with zero attached hydrogens (tertiary/aromatic N) is 4.